The van der Waals surface area contributed by atoms with Crippen LogP contribution in [0.25, 0.3) is 0 Å². The van der Waals surface area contributed by atoms with Crippen LogP contribution in [0.1, 0.15) is 16.7 Å². The first kappa shape index (κ1) is 28.1. The highest BCUT2D eigenvalue weighted by Crippen LogP contribution is 2.23. The van der Waals surface area contributed by atoms with E-state index in [9.17, 15) is 14.0 Å². The van der Waals surface area contributed by atoms with Crippen LogP contribution in [0.15, 0.2) is 103 Å². The lowest BCUT2D eigenvalue weighted by atomic mass is 10.0. The van der Waals surface area contributed by atoms with Crippen LogP contribution in [0.2, 0.25) is 10.0 Å². The topological polar surface area (TPSA) is 58.6 Å². The normalized spacial score (nSPS) is 11.5. The van der Waals surface area contributed by atoms with E-state index in [1.54, 1.807) is 48.5 Å². The Hall–Kier alpha value is -3.87. The van der Waals surface area contributed by atoms with E-state index in [0.717, 1.165) is 11.1 Å². The molecule has 0 spiro atoms. The van der Waals surface area contributed by atoms with Gasteiger partial charge in [-0.15, -0.1) is 0 Å². The van der Waals surface area contributed by atoms with Crippen LogP contribution in [-0.2, 0) is 29.1 Å². The van der Waals surface area contributed by atoms with Crippen molar-refractivity contribution < 1.29 is 18.7 Å². The van der Waals surface area contributed by atoms with Gasteiger partial charge < -0.3 is 15.0 Å². The van der Waals surface area contributed by atoms with E-state index in [1.165, 1.54) is 17.0 Å². The van der Waals surface area contributed by atoms with Gasteiger partial charge in [-0.1, -0.05) is 89.9 Å². The van der Waals surface area contributed by atoms with Crippen molar-refractivity contribution in [2.75, 3.05) is 6.61 Å². The Bertz CT molecular complexity index is 1380. The van der Waals surface area contributed by atoms with Gasteiger partial charge in [-0.25, -0.2) is 4.39 Å². The maximum Gasteiger partial charge on any atom is 0.261 e. The minimum Gasteiger partial charge on any atom is -0.482 e. The predicted octanol–water partition coefficient (Wildman–Crippen LogP) is 6.47. The minimum absolute atomic E-state index is 0.0802. The van der Waals surface area contributed by atoms with E-state index in [4.69, 9.17) is 27.9 Å². The number of para-hydroxylation sites is 1. The molecule has 0 bridgehead atoms. The first-order valence-corrected chi connectivity index (χ1v) is 13.1. The zero-order valence-corrected chi connectivity index (χ0v) is 22.5. The summed E-state index contributed by atoms with van der Waals surface area (Å²) < 4.78 is 19.3. The van der Waals surface area contributed by atoms with Gasteiger partial charge in [-0.3, -0.25) is 9.59 Å². The first-order valence-electron chi connectivity index (χ1n) is 12.4. The number of halogens is 3. The zero-order chi connectivity index (χ0) is 27.6. The largest absolute Gasteiger partial charge is 0.482 e. The Morgan fingerprint density at radius 2 is 1.44 bits per heavy atom. The van der Waals surface area contributed by atoms with E-state index >= 15 is 0 Å². The highest BCUT2D eigenvalue weighted by atomic mass is 35.5. The van der Waals surface area contributed by atoms with Gasteiger partial charge in [0.15, 0.2) is 6.61 Å². The fraction of sp³-hybridized carbons (Fsp3) is 0.161. The number of hydrogen-bond acceptors (Lipinski definition) is 3. The summed E-state index contributed by atoms with van der Waals surface area (Å²) in [7, 11) is 0. The Balaban J connectivity index is 1.61. The second-order valence-electron chi connectivity index (χ2n) is 8.92. The molecule has 0 aliphatic heterocycles. The maximum absolute atomic E-state index is 13.7. The summed E-state index contributed by atoms with van der Waals surface area (Å²) in [5, 5.41) is 3.92. The molecule has 0 unspecified atom stereocenters. The molecule has 0 radical (unpaired) electrons. The molecule has 4 rings (SSSR count). The SMILES string of the molecule is O=C(NCc1ccc(Cl)cc1)[C@H](Cc1ccccc1)N(Cc1ccc(F)cc1)C(=O)COc1ccccc1Cl. The van der Waals surface area contributed by atoms with Crippen molar-refractivity contribution in [3.8, 4) is 5.75 Å². The van der Waals surface area contributed by atoms with Gasteiger partial charge in [0.1, 0.15) is 17.6 Å². The molecule has 0 heterocycles. The number of amides is 2. The van der Waals surface area contributed by atoms with Gasteiger partial charge >= 0.3 is 0 Å². The molecule has 0 aliphatic carbocycles. The van der Waals surface area contributed by atoms with Crippen molar-refractivity contribution in [2.45, 2.75) is 25.6 Å². The summed E-state index contributed by atoms with van der Waals surface area (Å²) in [6.45, 7) is 0.00748. The number of rotatable bonds is 11. The van der Waals surface area contributed by atoms with E-state index < -0.39 is 11.9 Å². The lowest BCUT2D eigenvalue weighted by Gasteiger charge is -2.31. The smallest absolute Gasteiger partial charge is 0.261 e. The molecule has 39 heavy (non-hydrogen) atoms. The quantitative estimate of drug-likeness (QED) is 0.227. The van der Waals surface area contributed by atoms with Crippen molar-refractivity contribution in [2.24, 2.45) is 0 Å². The molecule has 4 aromatic carbocycles. The summed E-state index contributed by atoms with van der Waals surface area (Å²) in [5.41, 5.74) is 2.42. The molecule has 0 saturated carbocycles. The van der Waals surface area contributed by atoms with E-state index in [2.05, 4.69) is 5.32 Å². The fourth-order valence-electron chi connectivity index (χ4n) is 4.03. The maximum atomic E-state index is 13.7. The summed E-state index contributed by atoms with van der Waals surface area (Å²) in [5.74, 6) is -0.773. The molecule has 0 saturated heterocycles. The van der Waals surface area contributed by atoms with Gasteiger partial charge in [0.25, 0.3) is 5.91 Å². The third-order valence-corrected chi connectivity index (χ3v) is 6.67. The van der Waals surface area contributed by atoms with Gasteiger partial charge in [0.2, 0.25) is 5.91 Å². The van der Waals surface area contributed by atoms with Crippen LogP contribution < -0.4 is 10.1 Å². The number of ether oxygens (including phenoxy) is 1. The van der Waals surface area contributed by atoms with E-state index in [-0.39, 0.29) is 37.8 Å². The molecule has 5 nitrogen and oxygen atoms in total. The standard InChI is InChI=1S/C31H27Cl2FN2O3/c32-25-14-10-23(11-15-25)19-35-31(38)28(18-22-6-2-1-3-7-22)36(20-24-12-16-26(34)17-13-24)30(37)21-39-29-9-5-4-8-27(29)33/h1-17,28H,18-21H2,(H,35,38)/t28-/m0/s1. The summed E-state index contributed by atoms with van der Waals surface area (Å²) in [4.78, 5) is 28.8. The first-order chi connectivity index (χ1) is 18.9. The fourth-order valence-corrected chi connectivity index (χ4v) is 4.35. The van der Waals surface area contributed by atoms with Crippen LogP contribution >= 0.6 is 23.2 Å². The Morgan fingerprint density at radius 3 is 2.13 bits per heavy atom. The second kappa shape index (κ2) is 13.8. The molecule has 1 atom stereocenters. The molecule has 0 fully saturated rings. The molecule has 0 aliphatic rings. The van der Waals surface area contributed by atoms with Crippen molar-refractivity contribution in [1.82, 2.24) is 10.2 Å². The summed E-state index contributed by atoms with van der Waals surface area (Å²) in [6.07, 6.45) is 0.270. The number of nitrogens with one attached hydrogen (secondary N) is 1. The molecule has 0 aromatic heterocycles. The van der Waals surface area contributed by atoms with Gasteiger partial charge in [-0.05, 0) is 53.1 Å². The molecule has 200 valence electrons. The van der Waals surface area contributed by atoms with Gasteiger partial charge in [0.05, 0.1) is 5.02 Å². The monoisotopic (exact) mass is 564 g/mol. The molecule has 8 heteroatoms. The van der Waals surface area contributed by atoms with Crippen molar-refractivity contribution in [1.29, 1.82) is 0 Å². The molecular formula is C31H27Cl2FN2O3. The van der Waals surface area contributed by atoms with Crippen molar-refractivity contribution in [3.63, 3.8) is 0 Å². The van der Waals surface area contributed by atoms with Crippen LogP contribution in [0.3, 0.4) is 0 Å². The molecular weight excluding hydrogens is 538 g/mol. The minimum atomic E-state index is -0.868. The number of benzene rings is 4. The van der Waals surface area contributed by atoms with E-state index in [1.807, 2.05) is 42.5 Å². The Labute approximate surface area is 237 Å². The lowest BCUT2D eigenvalue weighted by molar-refractivity contribution is -0.142. The Kier molecular flexibility index (Phi) is 9.95. The highest BCUT2D eigenvalue weighted by Gasteiger charge is 2.30. The zero-order valence-electron chi connectivity index (χ0n) is 21.0. The van der Waals surface area contributed by atoms with Crippen molar-refractivity contribution in [3.05, 3.63) is 136 Å². The van der Waals surface area contributed by atoms with Crippen molar-refractivity contribution >= 4 is 35.0 Å². The van der Waals surface area contributed by atoms with Crippen LogP contribution in [0, 0.1) is 5.82 Å². The van der Waals surface area contributed by atoms with Gasteiger partial charge in [-0.2, -0.15) is 0 Å². The van der Waals surface area contributed by atoms with Crippen LogP contribution in [-0.4, -0.2) is 29.4 Å². The third-order valence-electron chi connectivity index (χ3n) is 6.11. The average molecular weight is 565 g/mol. The number of carbonyl (C=O) groups is 2. The summed E-state index contributed by atoms with van der Waals surface area (Å²) >= 11 is 12.2. The second-order valence-corrected chi connectivity index (χ2v) is 9.76. The molecule has 1 N–H and O–H groups in total. The average Bonchev–Trinajstić information content (AvgIpc) is 2.95. The lowest BCUT2D eigenvalue weighted by Crippen LogP contribution is -2.51. The third kappa shape index (κ3) is 8.31. The van der Waals surface area contributed by atoms with Crippen LogP contribution in [0.5, 0.6) is 5.75 Å². The summed E-state index contributed by atoms with van der Waals surface area (Å²) in [6, 6.07) is 28.4. The number of hydrogen-bond donors (Lipinski definition) is 1. The Morgan fingerprint density at radius 1 is 0.795 bits per heavy atom. The van der Waals surface area contributed by atoms with Gasteiger partial charge in [0, 0.05) is 24.5 Å². The number of nitrogens with zero attached hydrogens (tertiary/aromatic N) is 1. The number of carbonyl (C=O) groups excluding carboxylic acids is 2. The predicted molar refractivity (Wildman–Crippen MR) is 151 cm³/mol. The van der Waals surface area contributed by atoms with E-state index in [0.29, 0.717) is 21.4 Å². The molecule has 4 aromatic rings. The van der Waals surface area contributed by atoms with Crippen LogP contribution in [0.4, 0.5) is 4.39 Å². The highest BCUT2D eigenvalue weighted by molar-refractivity contribution is 6.32. The molecule has 2 amide bonds.